The van der Waals surface area contributed by atoms with Crippen molar-refractivity contribution >= 4 is 158 Å². The van der Waals surface area contributed by atoms with Crippen LogP contribution in [0.5, 0.6) is 0 Å². The molecule has 0 bridgehead atoms. The number of pyridine rings is 4. The molecule has 0 spiro atoms. The maximum absolute atomic E-state index is 14.6. The van der Waals surface area contributed by atoms with Crippen molar-refractivity contribution in [1.82, 2.24) is 19.9 Å². The Morgan fingerprint density at radius 3 is 0.770 bits per heavy atom. The molecule has 0 atom stereocenters. The fourth-order valence-electron chi connectivity index (χ4n) is 19.8. The van der Waals surface area contributed by atoms with E-state index in [1.807, 2.05) is 231 Å². The maximum Gasteiger partial charge on any atom is 0.417 e. The highest BCUT2D eigenvalue weighted by molar-refractivity contribution is 6.31. The smallest absolute Gasteiger partial charge is 0.339 e. The van der Waals surface area contributed by atoms with Gasteiger partial charge >= 0.3 is 24.7 Å². The minimum atomic E-state index is -5.10. The number of nitrogens with zero attached hydrogens (tertiary/aromatic N) is 12. The number of alkyl halides is 12. The lowest BCUT2D eigenvalue weighted by Gasteiger charge is -2.26. The fourth-order valence-corrected chi connectivity index (χ4v) is 19.8. The summed E-state index contributed by atoms with van der Waals surface area (Å²) in [4.78, 5) is 42.7. The number of hydrogen-bond acceptors (Lipinski definition) is 12. The standard InChI is InChI=1S/C120H68F12N16/c121-117(122,123)79-35-49-89(99(59-79)119(127,128)129)87-51-53-103-111-91(87)11-5-15-95(111)115(141-103)145-107-57-33-77(65-137-107)69-23-41-83(42-24-69)147(81-37-19-67(20-38-81)75-31-55-105(135-63-75)143-113-93-13-1-7-73-9-3-17-101(139-113)109(73)93)85-45-27-71(28-46-85)97(61-133)98(62-134)72-29-47-86(48-30-72)148(82-39-21-68(22-40-82)76-32-56-106(136-64-76)144-114-94-14-2-8-74-10-4-18-102(140-114)110(74)94)84-43-25-70(26-44-84)78-34-58-108(138-66-78)146-116-96-16-6-12-92-88(52-54-104(142-116)112(92)96)90-50-36-80(118(124,125)126)60-100(90)120(130,131)132/h1-60,63-66H,(H,135,139,143)(H,136,140,144)(H,137,141,145)(H,138,142,146)/b98-97+. The molecule has 0 saturated heterocycles. The summed E-state index contributed by atoms with van der Waals surface area (Å²) in [5, 5.41) is 42.2. The molecule has 28 heteroatoms. The van der Waals surface area contributed by atoms with Gasteiger partial charge in [-0.3, -0.25) is 0 Å². The number of benzene rings is 16. The number of aliphatic imine (C=N–C) groups is 4. The predicted octanol–water partition coefficient (Wildman–Crippen LogP) is 32.9. The minimum absolute atomic E-state index is 0.0958. The third-order valence-corrected chi connectivity index (χ3v) is 26.8. The first-order valence-electron chi connectivity index (χ1n) is 46.5. The van der Waals surface area contributed by atoms with Crippen molar-refractivity contribution in [3.8, 4) is 78.9 Å². The largest absolute Gasteiger partial charge is 0.417 e. The van der Waals surface area contributed by atoms with E-state index in [1.54, 1.807) is 85.5 Å². The van der Waals surface area contributed by atoms with Gasteiger partial charge in [0.25, 0.3) is 0 Å². The van der Waals surface area contributed by atoms with Crippen molar-refractivity contribution in [2.45, 2.75) is 24.7 Å². The Labute approximate surface area is 835 Å². The average molecular weight is 1960 g/mol. The molecule has 4 aliphatic heterocycles. The van der Waals surface area contributed by atoms with Gasteiger partial charge in [0.1, 0.15) is 35.5 Å². The van der Waals surface area contributed by atoms with E-state index in [0.29, 0.717) is 125 Å². The Morgan fingerprint density at radius 1 is 0.243 bits per heavy atom. The van der Waals surface area contributed by atoms with Crippen molar-refractivity contribution < 1.29 is 52.7 Å². The molecular formula is C120H68F12N16. The number of hydrogen-bond donors (Lipinski definition) is 4. The molecule has 20 aromatic rings. The molecule has 0 amide bonds. The van der Waals surface area contributed by atoms with Crippen LogP contribution in [-0.4, -0.2) is 43.3 Å². The van der Waals surface area contributed by atoms with Crippen LogP contribution < -0.4 is 31.1 Å². The van der Waals surface area contributed by atoms with Crippen molar-refractivity contribution in [2.75, 3.05) is 31.1 Å². The molecule has 4 aliphatic rings. The monoisotopic (exact) mass is 1960 g/mol. The van der Waals surface area contributed by atoms with Crippen LogP contribution in [0.2, 0.25) is 0 Å². The lowest BCUT2D eigenvalue weighted by atomic mass is 9.91. The van der Waals surface area contributed by atoms with E-state index >= 15 is 0 Å². The molecule has 712 valence electrons. The van der Waals surface area contributed by atoms with Gasteiger partial charge in [-0.15, -0.1) is 0 Å². The zero-order chi connectivity index (χ0) is 101. The number of aromatic nitrogens is 4. The van der Waals surface area contributed by atoms with Crippen LogP contribution in [0, 0.1) is 22.7 Å². The van der Waals surface area contributed by atoms with Gasteiger partial charge < -0.3 is 31.1 Å². The van der Waals surface area contributed by atoms with Gasteiger partial charge in [0.2, 0.25) is 0 Å². The highest BCUT2D eigenvalue weighted by atomic mass is 19.4. The van der Waals surface area contributed by atoms with Gasteiger partial charge in [0, 0.05) is 148 Å². The van der Waals surface area contributed by atoms with Crippen molar-refractivity contribution in [2.24, 2.45) is 20.0 Å². The summed E-state index contributed by atoms with van der Waals surface area (Å²) in [6.07, 6.45) is -13.3. The van der Waals surface area contributed by atoms with E-state index < -0.39 is 58.1 Å². The third kappa shape index (κ3) is 16.8. The Morgan fingerprint density at radius 2 is 0.500 bits per heavy atom. The first-order chi connectivity index (χ1) is 71.7. The molecule has 0 fully saturated rings. The Kier molecular flexibility index (Phi) is 22.1. The number of nitriles is 2. The highest BCUT2D eigenvalue weighted by Gasteiger charge is 2.42. The van der Waals surface area contributed by atoms with Crippen molar-refractivity contribution in [1.29, 1.82) is 10.5 Å². The van der Waals surface area contributed by atoms with Gasteiger partial charge in [0.15, 0.2) is 23.3 Å². The van der Waals surface area contributed by atoms with Crippen LogP contribution in [0.3, 0.4) is 0 Å². The maximum atomic E-state index is 14.6. The molecule has 8 heterocycles. The van der Waals surface area contributed by atoms with E-state index in [-0.39, 0.29) is 34.4 Å². The summed E-state index contributed by atoms with van der Waals surface area (Å²) in [5.41, 5.74) is 12.0. The van der Waals surface area contributed by atoms with E-state index in [4.69, 9.17) is 39.9 Å². The summed E-state index contributed by atoms with van der Waals surface area (Å²) in [6.45, 7) is 0. The molecule has 0 aliphatic carbocycles. The normalized spacial score (nSPS) is 14.2. The molecular weight excluding hydrogens is 1890 g/mol. The van der Waals surface area contributed by atoms with E-state index in [1.165, 1.54) is 12.1 Å². The molecule has 0 saturated carbocycles. The molecule has 4 N–H and O–H groups in total. The second-order valence-electron chi connectivity index (χ2n) is 35.6. The summed E-state index contributed by atoms with van der Waals surface area (Å²) >= 11 is 0. The second-order valence-corrected chi connectivity index (χ2v) is 35.6. The fraction of sp³-hybridized carbons (Fsp3) is 0.0333. The first-order valence-corrected chi connectivity index (χ1v) is 46.5. The summed E-state index contributed by atoms with van der Waals surface area (Å²) in [6, 6.07) is 110. The lowest BCUT2D eigenvalue weighted by Crippen LogP contribution is -2.12. The van der Waals surface area contributed by atoms with Crippen LogP contribution in [0.25, 0.3) is 121 Å². The number of halogens is 12. The lowest BCUT2D eigenvalue weighted by molar-refractivity contribution is -0.144. The summed E-state index contributed by atoms with van der Waals surface area (Å²) in [7, 11) is 0. The highest BCUT2D eigenvalue weighted by Crippen LogP contribution is 2.51. The predicted molar refractivity (Wildman–Crippen MR) is 559 cm³/mol. The average Bonchev–Trinajstić information content (AvgIpc) is 1.56. The van der Waals surface area contributed by atoms with Crippen LogP contribution >= 0.6 is 0 Å². The third-order valence-electron chi connectivity index (χ3n) is 26.8. The van der Waals surface area contributed by atoms with Crippen molar-refractivity contribution in [3.05, 3.63) is 444 Å². The number of nitrogens with one attached hydrogen (secondary N) is 4. The van der Waals surface area contributed by atoms with Gasteiger partial charge in [-0.1, -0.05) is 194 Å². The first kappa shape index (κ1) is 91.0. The summed E-state index contributed by atoms with van der Waals surface area (Å²) in [5.74, 6) is 3.80. The summed E-state index contributed by atoms with van der Waals surface area (Å²) < 4.78 is 170. The minimum Gasteiger partial charge on any atom is -0.339 e. The zero-order valence-corrected chi connectivity index (χ0v) is 76.9. The Balaban J connectivity index is 0.522. The molecule has 0 radical (unpaired) electrons. The molecule has 16 aromatic carbocycles. The second kappa shape index (κ2) is 35.9. The molecule has 148 heavy (non-hydrogen) atoms. The van der Waals surface area contributed by atoms with Crippen LogP contribution in [0.15, 0.2) is 409 Å². The van der Waals surface area contributed by atoms with Gasteiger partial charge in [-0.2, -0.15) is 63.2 Å². The van der Waals surface area contributed by atoms with E-state index in [0.717, 1.165) is 123 Å². The number of allylic oxidation sites excluding steroid dienone is 2. The quantitative estimate of drug-likeness (QED) is 0.0360. The van der Waals surface area contributed by atoms with E-state index in [2.05, 4.69) is 67.5 Å². The van der Waals surface area contributed by atoms with Crippen LogP contribution in [0.1, 0.15) is 55.6 Å². The molecule has 0 unspecified atom stereocenters. The van der Waals surface area contributed by atoms with Crippen LogP contribution in [0.4, 0.5) is 133 Å². The molecule has 24 rings (SSSR count). The van der Waals surface area contributed by atoms with Crippen LogP contribution in [-0.2, 0) is 24.7 Å². The van der Waals surface area contributed by atoms with E-state index in [9.17, 15) is 63.2 Å². The number of anilines is 10. The SMILES string of the molecule is N#C/C(=C(/C#N)c1ccc(N(c2ccc(-c3ccc(/N=C4\Nc5cccc6cccc4c56)nc3)cc2)c2ccc(-c3ccc(/N=C4\Nc5ccc(-c6ccc(C(F)(F)F)cc6C(F)(F)F)c6cccc4c56)nc3)cc2)cc1)c1ccc(N(c2ccc(-c3ccc(/N=C4\Nc5cccc6cccc4c56)nc3)cc2)c2ccc(-c3ccc(/N=C4\Nc5ccc(-c6ccc(C(F)(F)F)cc6C(F)(F)F)c6cccc4c56)nc3)cc2)cc1. The zero-order valence-electron chi connectivity index (χ0n) is 76.9. The Bertz CT molecular complexity index is 8550. The Hall–Kier alpha value is -19.5. The number of amidine groups is 4. The topological polar surface area (TPSA) is 203 Å². The molecule has 4 aromatic heterocycles. The molecule has 16 nitrogen and oxygen atoms in total. The number of rotatable bonds is 18. The van der Waals surface area contributed by atoms with Crippen molar-refractivity contribution in [3.63, 3.8) is 0 Å². The van der Waals surface area contributed by atoms with Gasteiger partial charge in [0.05, 0.1) is 33.4 Å². The van der Waals surface area contributed by atoms with Gasteiger partial charge in [-0.25, -0.2) is 39.9 Å². The van der Waals surface area contributed by atoms with Gasteiger partial charge in [-0.05, 0) is 247 Å².